The average molecular weight is 201 g/mol. The number of amidine groups is 1. The van der Waals surface area contributed by atoms with Crippen LogP contribution in [0.25, 0.3) is 0 Å². The van der Waals surface area contributed by atoms with Crippen LogP contribution in [0.5, 0.6) is 0 Å². The highest BCUT2D eigenvalue weighted by molar-refractivity contribution is 8.14. The van der Waals surface area contributed by atoms with Crippen LogP contribution in [0.15, 0.2) is 5.10 Å². The first-order chi connectivity index (χ1) is 6.11. The maximum atomic E-state index is 11.5. The maximum absolute atomic E-state index is 11.5. The summed E-state index contributed by atoms with van der Waals surface area (Å²) in [5.41, 5.74) is 8.38. The van der Waals surface area contributed by atoms with E-state index < -0.39 is 0 Å². The molecule has 2 atom stereocenters. The van der Waals surface area contributed by atoms with Crippen molar-refractivity contribution < 1.29 is 4.79 Å². The number of carbonyl (C=O) groups excluding carboxylic acids is 1. The van der Waals surface area contributed by atoms with Gasteiger partial charge in [-0.3, -0.25) is 5.43 Å². The highest BCUT2D eigenvalue weighted by Crippen LogP contribution is 2.29. The second-order valence-electron chi connectivity index (χ2n) is 3.04. The first kappa shape index (κ1) is 8.49. The number of fused-ring (bicyclic) bond motifs is 1. The highest BCUT2D eigenvalue weighted by Gasteiger charge is 2.44. The molecular formula is C6H11N5OS. The minimum atomic E-state index is -0.0743. The Balaban J connectivity index is 2.25. The molecule has 1 saturated heterocycles. The van der Waals surface area contributed by atoms with Gasteiger partial charge in [-0.2, -0.15) is 5.10 Å². The van der Waals surface area contributed by atoms with Crippen LogP contribution in [0.4, 0.5) is 4.79 Å². The minimum absolute atomic E-state index is 0.0140. The smallest absolute Gasteiger partial charge is 0.322 e. The zero-order valence-electron chi connectivity index (χ0n) is 7.39. The maximum Gasteiger partial charge on any atom is 0.322 e. The SMILES string of the molecule is CN1C(=O)N(C)[C@H]2NN=C(N)S[C@H]21. The van der Waals surface area contributed by atoms with Crippen LogP contribution in [0.2, 0.25) is 0 Å². The lowest BCUT2D eigenvalue weighted by atomic mass is 10.5. The van der Waals surface area contributed by atoms with E-state index in [0.29, 0.717) is 5.17 Å². The predicted octanol–water partition coefficient (Wildman–Crippen LogP) is -0.798. The van der Waals surface area contributed by atoms with Gasteiger partial charge in [-0.1, -0.05) is 11.8 Å². The van der Waals surface area contributed by atoms with Gasteiger partial charge in [-0.15, -0.1) is 0 Å². The second-order valence-corrected chi connectivity index (χ2v) is 4.17. The number of nitrogens with zero attached hydrogens (tertiary/aromatic N) is 3. The van der Waals surface area contributed by atoms with Crippen molar-refractivity contribution in [1.82, 2.24) is 15.2 Å². The molecule has 1 fully saturated rings. The van der Waals surface area contributed by atoms with E-state index in [-0.39, 0.29) is 17.6 Å². The lowest BCUT2D eigenvalue weighted by molar-refractivity contribution is 0.198. The summed E-state index contributed by atoms with van der Waals surface area (Å²) in [6, 6.07) is -0.0140. The van der Waals surface area contributed by atoms with Crippen molar-refractivity contribution in [3.05, 3.63) is 0 Å². The van der Waals surface area contributed by atoms with Crippen LogP contribution in [0, 0.1) is 0 Å². The molecule has 0 saturated carbocycles. The van der Waals surface area contributed by atoms with Crippen LogP contribution in [0.3, 0.4) is 0 Å². The fourth-order valence-corrected chi connectivity index (χ4v) is 2.43. The van der Waals surface area contributed by atoms with Crippen LogP contribution >= 0.6 is 11.8 Å². The Kier molecular flexibility index (Phi) is 1.76. The normalized spacial score (nSPS) is 32.8. The molecule has 2 amide bonds. The van der Waals surface area contributed by atoms with Crippen molar-refractivity contribution >= 4 is 23.0 Å². The summed E-state index contributed by atoms with van der Waals surface area (Å²) in [4.78, 5) is 14.8. The molecule has 7 heteroatoms. The molecule has 0 aliphatic carbocycles. The van der Waals surface area contributed by atoms with Crippen molar-refractivity contribution in [3.63, 3.8) is 0 Å². The fraction of sp³-hybridized carbons (Fsp3) is 0.667. The third-order valence-electron chi connectivity index (χ3n) is 2.22. The van der Waals surface area contributed by atoms with Crippen LogP contribution < -0.4 is 11.2 Å². The Morgan fingerprint density at radius 1 is 1.54 bits per heavy atom. The quantitative estimate of drug-likeness (QED) is 0.538. The molecule has 0 unspecified atom stereocenters. The molecule has 13 heavy (non-hydrogen) atoms. The molecule has 72 valence electrons. The number of hydrogen-bond donors (Lipinski definition) is 2. The topological polar surface area (TPSA) is 74.0 Å². The Morgan fingerprint density at radius 2 is 2.23 bits per heavy atom. The van der Waals surface area contributed by atoms with Gasteiger partial charge in [-0.05, 0) is 0 Å². The number of nitrogens with two attached hydrogens (primary N) is 1. The number of nitrogens with one attached hydrogen (secondary N) is 1. The second kappa shape index (κ2) is 2.69. The highest BCUT2D eigenvalue weighted by atomic mass is 32.2. The molecule has 0 aromatic heterocycles. The number of hydrogen-bond acceptors (Lipinski definition) is 5. The first-order valence-corrected chi connectivity index (χ1v) is 4.74. The number of hydrazone groups is 1. The van der Waals surface area contributed by atoms with Gasteiger partial charge >= 0.3 is 6.03 Å². The van der Waals surface area contributed by atoms with Crippen molar-refractivity contribution in [2.45, 2.75) is 11.5 Å². The van der Waals surface area contributed by atoms with Crippen molar-refractivity contribution in [2.24, 2.45) is 10.8 Å². The third kappa shape index (κ3) is 1.11. The average Bonchev–Trinajstić information content (AvgIpc) is 2.32. The summed E-state index contributed by atoms with van der Waals surface area (Å²) in [5.74, 6) is 0. The summed E-state index contributed by atoms with van der Waals surface area (Å²) in [5, 5.41) is 4.37. The number of thioether (sulfide) groups is 1. The molecule has 2 heterocycles. The number of rotatable bonds is 0. The Labute approximate surface area is 80.1 Å². The lowest BCUT2D eigenvalue weighted by Crippen LogP contribution is -2.47. The van der Waals surface area contributed by atoms with Gasteiger partial charge in [0.15, 0.2) is 5.17 Å². The third-order valence-corrected chi connectivity index (χ3v) is 3.37. The number of carbonyl (C=O) groups is 1. The number of likely N-dealkylation sites (N-methyl/N-ethyl adjacent to an activating group) is 2. The largest absolute Gasteiger partial charge is 0.377 e. The van der Waals surface area contributed by atoms with Gasteiger partial charge < -0.3 is 15.5 Å². The van der Waals surface area contributed by atoms with E-state index in [0.717, 1.165) is 0 Å². The summed E-state index contributed by atoms with van der Waals surface area (Å²) in [6.07, 6.45) is -0.0743. The van der Waals surface area contributed by atoms with Crippen molar-refractivity contribution in [1.29, 1.82) is 0 Å². The van der Waals surface area contributed by atoms with Crippen LogP contribution in [-0.4, -0.2) is 46.6 Å². The zero-order valence-corrected chi connectivity index (χ0v) is 8.21. The number of urea groups is 1. The van der Waals surface area contributed by atoms with Gasteiger partial charge in [0.05, 0.1) is 0 Å². The lowest BCUT2D eigenvalue weighted by Gasteiger charge is -2.27. The predicted molar refractivity (Wildman–Crippen MR) is 50.8 cm³/mol. The van der Waals surface area contributed by atoms with Crippen molar-refractivity contribution in [2.75, 3.05) is 14.1 Å². The van der Waals surface area contributed by atoms with Gasteiger partial charge in [-0.25, -0.2) is 4.79 Å². The molecule has 2 rings (SSSR count). The van der Waals surface area contributed by atoms with E-state index >= 15 is 0 Å². The fourth-order valence-electron chi connectivity index (χ4n) is 1.45. The van der Waals surface area contributed by atoms with Gasteiger partial charge in [0, 0.05) is 14.1 Å². The summed E-state index contributed by atoms with van der Waals surface area (Å²) in [7, 11) is 3.50. The summed E-state index contributed by atoms with van der Waals surface area (Å²) in [6.45, 7) is 0. The summed E-state index contributed by atoms with van der Waals surface area (Å²) < 4.78 is 0. The van der Waals surface area contributed by atoms with Crippen LogP contribution in [0.1, 0.15) is 0 Å². The Hall–Kier alpha value is -1.11. The van der Waals surface area contributed by atoms with E-state index in [2.05, 4.69) is 10.5 Å². The Bertz CT molecular complexity index is 280. The molecule has 0 radical (unpaired) electrons. The van der Waals surface area contributed by atoms with Crippen LogP contribution in [-0.2, 0) is 0 Å². The van der Waals surface area contributed by atoms with E-state index in [9.17, 15) is 4.79 Å². The van der Waals surface area contributed by atoms with E-state index in [1.54, 1.807) is 23.9 Å². The van der Waals surface area contributed by atoms with Crippen molar-refractivity contribution in [3.8, 4) is 0 Å². The molecule has 2 aliphatic rings. The van der Waals surface area contributed by atoms with Gasteiger partial charge in [0.25, 0.3) is 0 Å². The Morgan fingerprint density at radius 3 is 2.92 bits per heavy atom. The number of amides is 2. The molecule has 0 aromatic rings. The standard InChI is InChI=1S/C6H11N5OS/c1-10-3-4(11(2)6(10)12)13-5(7)9-8-3/h3-4,8H,1-2H3,(H2,7,9)/t3-,4-/m1/s1. The molecule has 0 aromatic carbocycles. The molecule has 6 nitrogen and oxygen atoms in total. The van der Waals surface area contributed by atoms with Gasteiger partial charge in [0.2, 0.25) is 0 Å². The summed E-state index contributed by atoms with van der Waals surface area (Å²) >= 11 is 1.40. The molecule has 3 N–H and O–H groups in total. The first-order valence-electron chi connectivity index (χ1n) is 3.86. The van der Waals surface area contributed by atoms with E-state index in [4.69, 9.17) is 5.73 Å². The van der Waals surface area contributed by atoms with Gasteiger partial charge in [0.1, 0.15) is 11.5 Å². The molecule has 2 aliphatic heterocycles. The minimum Gasteiger partial charge on any atom is -0.377 e. The monoisotopic (exact) mass is 201 g/mol. The van der Waals surface area contributed by atoms with E-state index in [1.165, 1.54) is 11.8 Å². The molecule has 0 bridgehead atoms. The van der Waals surface area contributed by atoms with E-state index in [1.807, 2.05) is 0 Å². The molecular weight excluding hydrogens is 190 g/mol. The molecule has 0 spiro atoms. The zero-order chi connectivity index (χ0) is 9.59.